The summed E-state index contributed by atoms with van der Waals surface area (Å²) in [6.45, 7) is 0.347. The fourth-order valence-electron chi connectivity index (χ4n) is 2.77. The van der Waals surface area contributed by atoms with Gasteiger partial charge in [0.05, 0.1) is 16.8 Å². The van der Waals surface area contributed by atoms with Crippen LogP contribution in [0.15, 0.2) is 34.7 Å². The number of hydrogen-bond donors (Lipinski definition) is 1. The van der Waals surface area contributed by atoms with Gasteiger partial charge in [0.15, 0.2) is 5.76 Å². The predicted molar refractivity (Wildman–Crippen MR) is 94.5 cm³/mol. The van der Waals surface area contributed by atoms with E-state index in [-0.39, 0.29) is 10.8 Å². The minimum Gasteiger partial charge on any atom is -0.395 e. The Balaban J connectivity index is 1.75. The van der Waals surface area contributed by atoms with Gasteiger partial charge >= 0.3 is 5.88 Å². The standard InChI is InChI=1S/C16H13Cl2N3O5/c17-9-3-4-11(10(18)8-9)19-15(22)12-2-1-7-20(12)16(23)13-5-6-14(26-13)21(24)25/h3-6,8,12H,1-2,7H2,(H,19,22). The molecular formula is C16H13Cl2N3O5. The molecule has 10 heteroatoms. The highest BCUT2D eigenvalue weighted by atomic mass is 35.5. The molecule has 1 fully saturated rings. The summed E-state index contributed by atoms with van der Waals surface area (Å²) in [7, 11) is 0. The molecule has 2 heterocycles. The Kier molecular flexibility index (Phi) is 5.15. The first-order chi connectivity index (χ1) is 12.4. The van der Waals surface area contributed by atoms with Crippen LogP contribution in [0.25, 0.3) is 0 Å². The van der Waals surface area contributed by atoms with Gasteiger partial charge < -0.3 is 14.6 Å². The Hall–Kier alpha value is -2.58. The van der Waals surface area contributed by atoms with Crippen LogP contribution < -0.4 is 5.32 Å². The first-order valence-electron chi connectivity index (χ1n) is 7.68. The van der Waals surface area contributed by atoms with E-state index in [1.165, 1.54) is 17.0 Å². The summed E-state index contributed by atoms with van der Waals surface area (Å²) in [5.41, 5.74) is 0.383. The number of hydrogen-bond acceptors (Lipinski definition) is 5. The molecule has 1 N–H and O–H groups in total. The van der Waals surface area contributed by atoms with Crippen LogP contribution in [-0.2, 0) is 4.79 Å². The maximum atomic E-state index is 12.6. The Morgan fingerprint density at radius 1 is 1.27 bits per heavy atom. The van der Waals surface area contributed by atoms with Crippen molar-refractivity contribution in [3.05, 3.63) is 56.3 Å². The van der Waals surface area contributed by atoms with Crippen LogP contribution in [0, 0.1) is 10.1 Å². The number of carbonyl (C=O) groups excluding carboxylic acids is 2. The maximum absolute atomic E-state index is 12.6. The molecule has 0 bridgehead atoms. The van der Waals surface area contributed by atoms with Gasteiger partial charge in [0.2, 0.25) is 5.91 Å². The van der Waals surface area contributed by atoms with Crippen LogP contribution >= 0.6 is 23.2 Å². The fraction of sp³-hybridized carbons (Fsp3) is 0.250. The smallest absolute Gasteiger partial charge is 0.395 e. The lowest BCUT2D eigenvalue weighted by Gasteiger charge is -2.23. The minimum atomic E-state index is -0.729. The molecule has 1 unspecified atom stereocenters. The molecule has 1 saturated heterocycles. The predicted octanol–water partition coefficient (Wildman–Crippen LogP) is 3.74. The van der Waals surface area contributed by atoms with Crippen molar-refractivity contribution >= 4 is 46.6 Å². The van der Waals surface area contributed by atoms with Crippen LogP contribution in [0.4, 0.5) is 11.6 Å². The molecule has 1 aliphatic heterocycles. The van der Waals surface area contributed by atoms with Gasteiger partial charge in [-0.15, -0.1) is 0 Å². The van der Waals surface area contributed by atoms with Crippen molar-refractivity contribution in [2.24, 2.45) is 0 Å². The van der Waals surface area contributed by atoms with Gasteiger partial charge in [0.1, 0.15) is 11.0 Å². The van der Waals surface area contributed by atoms with Gasteiger partial charge in [-0.3, -0.25) is 19.7 Å². The molecule has 136 valence electrons. The highest BCUT2D eigenvalue weighted by molar-refractivity contribution is 6.36. The molecule has 0 radical (unpaired) electrons. The lowest BCUT2D eigenvalue weighted by atomic mass is 10.2. The Bertz CT molecular complexity index is 883. The molecule has 8 nitrogen and oxygen atoms in total. The molecule has 0 spiro atoms. The first kappa shape index (κ1) is 18.2. The second kappa shape index (κ2) is 7.35. The van der Waals surface area contributed by atoms with Gasteiger partial charge in [-0.2, -0.15) is 0 Å². The van der Waals surface area contributed by atoms with E-state index in [4.69, 9.17) is 27.6 Å². The van der Waals surface area contributed by atoms with Gasteiger partial charge in [-0.1, -0.05) is 23.2 Å². The summed E-state index contributed by atoms with van der Waals surface area (Å²) < 4.78 is 4.94. The molecule has 1 aliphatic rings. The summed E-state index contributed by atoms with van der Waals surface area (Å²) >= 11 is 11.9. The SMILES string of the molecule is O=C(Nc1ccc(Cl)cc1Cl)C1CCCN1C(=O)c1ccc([N+](=O)[O-])o1. The number of benzene rings is 1. The third-order valence-corrected chi connectivity index (χ3v) is 4.54. The van der Waals surface area contributed by atoms with Gasteiger partial charge in [-0.05, 0) is 37.1 Å². The highest BCUT2D eigenvalue weighted by Crippen LogP contribution is 2.28. The molecule has 1 aromatic heterocycles. The summed E-state index contributed by atoms with van der Waals surface area (Å²) in [6.07, 6.45) is 1.09. The van der Waals surface area contributed by atoms with E-state index in [1.807, 2.05) is 0 Å². The largest absolute Gasteiger partial charge is 0.433 e. The Morgan fingerprint density at radius 3 is 2.69 bits per heavy atom. The highest BCUT2D eigenvalue weighted by Gasteiger charge is 2.36. The molecule has 2 aromatic rings. The molecule has 1 aromatic carbocycles. The third kappa shape index (κ3) is 3.66. The second-order valence-electron chi connectivity index (χ2n) is 5.66. The molecule has 1 atom stereocenters. The van der Waals surface area contributed by atoms with E-state index in [0.717, 1.165) is 6.07 Å². The van der Waals surface area contributed by atoms with Gasteiger partial charge in [-0.25, -0.2) is 0 Å². The van der Waals surface area contributed by atoms with E-state index in [2.05, 4.69) is 5.32 Å². The number of rotatable bonds is 4. The molecule has 0 aliphatic carbocycles. The average Bonchev–Trinajstić information content (AvgIpc) is 3.26. The third-order valence-electron chi connectivity index (χ3n) is 3.99. The van der Waals surface area contributed by atoms with Crippen molar-refractivity contribution in [2.75, 3.05) is 11.9 Å². The summed E-state index contributed by atoms with van der Waals surface area (Å²) in [5.74, 6) is -1.68. The molecule has 2 amide bonds. The van der Waals surface area contributed by atoms with Gasteiger partial charge in [0.25, 0.3) is 5.91 Å². The quantitative estimate of drug-likeness (QED) is 0.624. The summed E-state index contributed by atoms with van der Waals surface area (Å²) in [5, 5.41) is 14.1. The lowest BCUT2D eigenvalue weighted by molar-refractivity contribution is -0.402. The van der Waals surface area contributed by atoms with Crippen molar-refractivity contribution in [1.29, 1.82) is 0 Å². The van der Waals surface area contributed by atoms with Crippen LogP contribution in [0.5, 0.6) is 0 Å². The molecule has 26 heavy (non-hydrogen) atoms. The van der Waals surface area contributed by atoms with Crippen molar-refractivity contribution in [3.63, 3.8) is 0 Å². The molecular weight excluding hydrogens is 385 g/mol. The summed E-state index contributed by atoms with van der Waals surface area (Å²) in [6, 6.07) is 6.26. The number of nitrogens with zero attached hydrogens (tertiary/aromatic N) is 2. The first-order valence-corrected chi connectivity index (χ1v) is 8.43. The van der Waals surface area contributed by atoms with E-state index in [9.17, 15) is 19.7 Å². The van der Waals surface area contributed by atoms with Gasteiger partial charge in [0, 0.05) is 11.6 Å². The van der Waals surface area contributed by atoms with Crippen molar-refractivity contribution < 1.29 is 18.9 Å². The van der Waals surface area contributed by atoms with E-state index in [0.29, 0.717) is 30.1 Å². The fourth-order valence-corrected chi connectivity index (χ4v) is 3.23. The van der Waals surface area contributed by atoms with Crippen molar-refractivity contribution in [2.45, 2.75) is 18.9 Å². The molecule has 3 rings (SSSR count). The lowest BCUT2D eigenvalue weighted by Crippen LogP contribution is -2.43. The number of anilines is 1. The number of nitro groups is 1. The number of halogens is 2. The number of carbonyl (C=O) groups is 2. The normalized spacial score (nSPS) is 16.5. The number of amides is 2. The maximum Gasteiger partial charge on any atom is 0.433 e. The monoisotopic (exact) mass is 397 g/mol. The van der Waals surface area contributed by atoms with Crippen LogP contribution in [0.3, 0.4) is 0 Å². The Labute approximate surface area is 157 Å². The van der Waals surface area contributed by atoms with Crippen LogP contribution in [0.2, 0.25) is 10.0 Å². The Morgan fingerprint density at radius 2 is 2.04 bits per heavy atom. The molecule has 0 saturated carbocycles. The number of likely N-dealkylation sites (tertiary alicyclic amines) is 1. The zero-order valence-corrected chi connectivity index (χ0v) is 14.8. The number of furan rings is 1. The second-order valence-corrected chi connectivity index (χ2v) is 6.51. The summed E-state index contributed by atoms with van der Waals surface area (Å²) in [4.78, 5) is 36.4. The van der Waals surface area contributed by atoms with E-state index < -0.39 is 28.7 Å². The minimum absolute atomic E-state index is 0.180. The topological polar surface area (TPSA) is 106 Å². The van der Waals surface area contributed by atoms with Crippen LogP contribution in [0.1, 0.15) is 23.4 Å². The zero-order valence-electron chi connectivity index (χ0n) is 13.3. The van der Waals surface area contributed by atoms with Crippen molar-refractivity contribution in [3.8, 4) is 0 Å². The van der Waals surface area contributed by atoms with E-state index >= 15 is 0 Å². The number of nitrogens with one attached hydrogen (secondary N) is 1. The van der Waals surface area contributed by atoms with Crippen molar-refractivity contribution in [1.82, 2.24) is 4.90 Å². The van der Waals surface area contributed by atoms with Crippen LogP contribution in [-0.4, -0.2) is 34.2 Å². The average molecular weight is 398 g/mol. The zero-order chi connectivity index (χ0) is 18.8. The van der Waals surface area contributed by atoms with E-state index in [1.54, 1.807) is 12.1 Å².